The molecular weight excluding hydrogens is 218 g/mol. The van der Waals surface area contributed by atoms with Crippen LogP contribution in [0, 0.1) is 0 Å². The third-order valence-electron chi connectivity index (χ3n) is 2.90. The van der Waals surface area contributed by atoms with Gasteiger partial charge < -0.3 is 15.2 Å². The van der Waals surface area contributed by atoms with Gasteiger partial charge in [0.1, 0.15) is 5.54 Å². The number of nitrogens with one attached hydrogen (secondary N) is 1. The predicted molar refractivity (Wildman–Crippen MR) is 69.3 cm³/mol. The van der Waals surface area contributed by atoms with E-state index in [0.717, 1.165) is 19.3 Å². The van der Waals surface area contributed by atoms with Crippen LogP contribution >= 0.6 is 0 Å². The van der Waals surface area contributed by atoms with Crippen LogP contribution < -0.4 is 5.32 Å². The molecule has 0 amide bonds. The quantitative estimate of drug-likeness (QED) is 0.549. The molecule has 17 heavy (non-hydrogen) atoms. The maximum Gasteiger partial charge on any atom is 0.323 e. The second-order valence-corrected chi connectivity index (χ2v) is 4.36. The fourth-order valence-corrected chi connectivity index (χ4v) is 2.09. The second-order valence-electron chi connectivity index (χ2n) is 4.36. The van der Waals surface area contributed by atoms with Gasteiger partial charge in [-0.2, -0.15) is 0 Å². The molecule has 0 saturated carbocycles. The molecular formula is C13H27NO3. The molecule has 0 unspecified atom stereocenters. The molecule has 0 aliphatic rings. The Balaban J connectivity index is 4.20. The minimum atomic E-state index is -0.740. The van der Waals surface area contributed by atoms with Gasteiger partial charge in [-0.15, -0.1) is 0 Å². The number of carboxylic acids is 1. The van der Waals surface area contributed by atoms with E-state index in [1.165, 1.54) is 0 Å². The first-order valence-electron chi connectivity index (χ1n) is 6.69. The normalized spacial score (nSPS) is 11.7. The summed E-state index contributed by atoms with van der Waals surface area (Å²) in [6, 6.07) is 0. The molecule has 0 aromatic rings. The number of hydrogen-bond acceptors (Lipinski definition) is 3. The molecule has 4 heteroatoms. The first kappa shape index (κ1) is 16.4. The van der Waals surface area contributed by atoms with Crippen molar-refractivity contribution in [3.05, 3.63) is 0 Å². The molecule has 0 saturated heterocycles. The Kier molecular flexibility index (Phi) is 9.09. The molecule has 0 heterocycles. The zero-order valence-electron chi connectivity index (χ0n) is 11.4. The molecule has 0 radical (unpaired) electrons. The fourth-order valence-electron chi connectivity index (χ4n) is 2.09. The van der Waals surface area contributed by atoms with Crippen molar-refractivity contribution in [3.63, 3.8) is 0 Å². The lowest BCUT2D eigenvalue weighted by atomic mass is 9.88. The molecule has 0 rings (SSSR count). The van der Waals surface area contributed by atoms with Crippen molar-refractivity contribution >= 4 is 5.97 Å². The van der Waals surface area contributed by atoms with E-state index in [1.807, 2.05) is 20.8 Å². The van der Waals surface area contributed by atoms with Gasteiger partial charge in [0, 0.05) is 13.2 Å². The average molecular weight is 245 g/mol. The van der Waals surface area contributed by atoms with E-state index in [0.29, 0.717) is 32.6 Å². The van der Waals surface area contributed by atoms with Crippen LogP contribution in [0.2, 0.25) is 0 Å². The lowest BCUT2D eigenvalue weighted by molar-refractivity contribution is -0.145. The van der Waals surface area contributed by atoms with Gasteiger partial charge in [-0.1, -0.05) is 26.7 Å². The molecule has 4 nitrogen and oxygen atoms in total. The largest absolute Gasteiger partial charge is 0.480 e. The van der Waals surface area contributed by atoms with E-state index in [1.54, 1.807) is 0 Å². The predicted octanol–water partition coefficient (Wildman–Crippen LogP) is 2.43. The summed E-state index contributed by atoms with van der Waals surface area (Å²) in [5, 5.41) is 12.6. The van der Waals surface area contributed by atoms with E-state index >= 15 is 0 Å². The molecule has 0 atom stereocenters. The second kappa shape index (κ2) is 9.42. The van der Waals surface area contributed by atoms with Crippen molar-refractivity contribution in [3.8, 4) is 0 Å². The van der Waals surface area contributed by atoms with Gasteiger partial charge in [0.15, 0.2) is 0 Å². The minimum absolute atomic E-state index is 0.685. The van der Waals surface area contributed by atoms with Gasteiger partial charge in [0.25, 0.3) is 0 Å². The zero-order valence-corrected chi connectivity index (χ0v) is 11.4. The van der Waals surface area contributed by atoms with Gasteiger partial charge in [-0.25, -0.2) is 0 Å². The third kappa shape index (κ3) is 6.03. The summed E-state index contributed by atoms with van der Waals surface area (Å²) in [7, 11) is 0. The first-order chi connectivity index (χ1) is 8.13. The van der Waals surface area contributed by atoms with Crippen LogP contribution in [0.25, 0.3) is 0 Å². The molecule has 0 aliphatic carbocycles. The molecule has 0 bridgehead atoms. The molecule has 2 N–H and O–H groups in total. The van der Waals surface area contributed by atoms with Crippen molar-refractivity contribution < 1.29 is 14.6 Å². The summed E-state index contributed by atoms with van der Waals surface area (Å²) < 4.78 is 5.24. The summed E-state index contributed by atoms with van der Waals surface area (Å²) in [6.07, 6.45) is 3.99. The van der Waals surface area contributed by atoms with Crippen LogP contribution in [0.1, 0.15) is 52.9 Å². The van der Waals surface area contributed by atoms with E-state index in [9.17, 15) is 9.90 Å². The molecule has 0 fully saturated rings. The number of ether oxygens (including phenoxy) is 1. The smallest absolute Gasteiger partial charge is 0.323 e. The van der Waals surface area contributed by atoms with Crippen molar-refractivity contribution in [1.29, 1.82) is 0 Å². The van der Waals surface area contributed by atoms with Gasteiger partial charge in [0.05, 0.1) is 0 Å². The van der Waals surface area contributed by atoms with Crippen molar-refractivity contribution in [2.24, 2.45) is 0 Å². The van der Waals surface area contributed by atoms with E-state index in [4.69, 9.17) is 4.74 Å². The summed E-state index contributed by atoms with van der Waals surface area (Å²) in [5.41, 5.74) is -0.740. The number of rotatable bonds is 11. The maximum atomic E-state index is 11.4. The minimum Gasteiger partial charge on any atom is -0.480 e. The monoisotopic (exact) mass is 245 g/mol. The Morgan fingerprint density at radius 3 is 2.24 bits per heavy atom. The Morgan fingerprint density at radius 1 is 1.24 bits per heavy atom. The average Bonchev–Trinajstić information content (AvgIpc) is 2.29. The molecule has 0 aromatic heterocycles. The SMILES string of the molecule is CCCC(CCC)(NCCCOCC)C(=O)O. The van der Waals surface area contributed by atoms with Crippen molar-refractivity contribution in [1.82, 2.24) is 5.32 Å². The number of carboxylic acid groups (broad SMARTS) is 1. The van der Waals surface area contributed by atoms with Gasteiger partial charge in [-0.05, 0) is 32.7 Å². The summed E-state index contributed by atoms with van der Waals surface area (Å²) in [5.74, 6) is -0.724. The highest BCUT2D eigenvalue weighted by Crippen LogP contribution is 2.20. The third-order valence-corrected chi connectivity index (χ3v) is 2.90. The summed E-state index contributed by atoms with van der Waals surface area (Å²) in [4.78, 5) is 11.4. The van der Waals surface area contributed by atoms with E-state index in [2.05, 4.69) is 5.32 Å². The van der Waals surface area contributed by atoms with Crippen LogP contribution in [-0.2, 0) is 9.53 Å². The van der Waals surface area contributed by atoms with Gasteiger partial charge >= 0.3 is 5.97 Å². The highest BCUT2D eigenvalue weighted by molar-refractivity contribution is 5.78. The highest BCUT2D eigenvalue weighted by atomic mass is 16.5. The van der Waals surface area contributed by atoms with Crippen LogP contribution in [0.5, 0.6) is 0 Å². The van der Waals surface area contributed by atoms with Gasteiger partial charge in [-0.3, -0.25) is 4.79 Å². The Morgan fingerprint density at radius 2 is 1.82 bits per heavy atom. The zero-order chi connectivity index (χ0) is 13.1. The van der Waals surface area contributed by atoms with Crippen molar-refractivity contribution in [2.75, 3.05) is 19.8 Å². The highest BCUT2D eigenvalue weighted by Gasteiger charge is 2.35. The fraction of sp³-hybridized carbons (Fsp3) is 0.923. The van der Waals surface area contributed by atoms with Crippen LogP contribution in [0.4, 0.5) is 0 Å². The van der Waals surface area contributed by atoms with Crippen molar-refractivity contribution in [2.45, 2.75) is 58.4 Å². The van der Waals surface area contributed by atoms with E-state index in [-0.39, 0.29) is 0 Å². The Labute approximate surface area is 105 Å². The molecule has 0 aliphatic heterocycles. The molecule has 0 spiro atoms. The Hall–Kier alpha value is -0.610. The number of carbonyl (C=O) groups is 1. The lowest BCUT2D eigenvalue weighted by Crippen LogP contribution is -2.52. The maximum absolute atomic E-state index is 11.4. The van der Waals surface area contributed by atoms with E-state index < -0.39 is 11.5 Å². The van der Waals surface area contributed by atoms with Crippen LogP contribution in [-0.4, -0.2) is 36.4 Å². The summed E-state index contributed by atoms with van der Waals surface area (Å²) >= 11 is 0. The lowest BCUT2D eigenvalue weighted by Gasteiger charge is -2.30. The number of aliphatic carboxylic acids is 1. The van der Waals surface area contributed by atoms with Crippen LogP contribution in [0.3, 0.4) is 0 Å². The molecule has 0 aromatic carbocycles. The summed E-state index contributed by atoms with van der Waals surface area (Å²) in [6.45, 7) is 8.12. The molecule has 102 valence electrons. The topological polar surface area (TPSA) is 58.6 Å². The standard InChI is InChI=1S/C13H27NO3/c1-4-8-13(9-5-2,12(15)16)14-10-7-11-17-6-3/h14H,4-11H2,1-3H3,(H,15,16). The number of hydrogen-bond donors (Lipinski definition) is 2. The van der Waals surface area contributed by atoms with Crippen LogP contribution in [0.15, 0.2) is 0 Å². The Bertz CT molecular complexity index is 201. The first-order valence-corrected chi connectivity index (χ1v) is 6.69. The van der Waals surface area contributed by atoms with Gasteiger partial charge in [0.2, 0.25) is 0 Å².